The first-order valence-electron chi connectivity index (χ1n) is 7.10. The number of carbonyl (C=O) groups excluding carboxylic acids is 2. The fraction of sp³-hybridized carbons (Fsp3) is 0.857. The number of amides is 2. The van der Waals surface area contributed by atoms with Crippen molar-refractivity contribution in [3.8, 4) is 0 Å². The third kappa shape index (κ3) is 6.57. The van der Waals surface area contributed by atoms with Crippen molar-refractivity contribution in [3.63, 3.8) is 0 Å². The summed E-state index contributed by atoms with van der Waals surface area (Å²) in [6.07, 6.45) is 0.868. The number of rotatable bonds is 8. The molecule has 0 heterocycles. The van der Waals surface area contributed by atoms with Crippen molar-refractivity contribution in [3.05, 3.63) is 0 Å². The van der Waals surface area contributed by atoms with Gasteiger partial charge in [0.15, 0.2) is 0 Å². The maximum Gasteiger partial charge on any atom is 0.239 e. The minimum absolute atomic E-state index is 0.0348. The SMILES string of the molecule is CCN(CC)C(=O)C(C)NCC(=O)NC(C)(C)CC. The quantitative estimate of drug-likeness (QED) is 0.696. The first kappa shape index (κ1) is 17.9. The predicted octanol–water partition coefficient (Wildman–Crippen LogP) is 1.14. The third-order valence-electron chi connectivity index (χ3n) is 3.38. The molecule has 0 bridgehead atoms. The molecule has 1 unspecified atom stereocenters. The van der Waals surface area contributed by atoms with Crippen LogP contribution in [0.25, 0.3) is 0 Å². The molecule has 19 heavy (non-hydrogen) atoms. The summed E-state index contributed by atoms with van der Waals surface area (Å²) in [7, 11) is 0. The van der Waals surface area contributed by atoms with Gasteiger partial charge in [-0.25, -0.2) is 0 Å². The Morgan fingerprint density at radius 1 is 1.16 bits per heavy atom. The molecule has 0 aliphatic heterocycles. The zero-order chi connectivity index (χ0) is 15.1. The van der Waals surface area contributed by atoms with Gasteiger partial charge in [0.05, 0.1) is 12.6 Å². The van der Waals surface area contributed by atoms with Crippen molar-refractivity contribution in [2.45, 2.75) is 59.5 Å². The maximum absolute atomic E-state index is 12.0. The van der Waals surface area contributed by atoms with E-state index in [0.29, 0.717) is 13.1 Å². The minimum atomic E-state index is -0.338. The van der Waals surface area contributed by atoms with Crippen molar-refractivity contribution in [2.75, 3.05) is 19.6 Å². The second-order valence-electron chi connectivity index (χ2n) is 5.40. The third-order valence-corrected chi connectivity index (χ3v) is 3.38. The van der Waals surface area contributed by atoms with E-state index >= 15 is 0 Å². The summed E-state index contributed by atoms with van der Waals surface area (Å²) in [6.45, 7) is 13.2. The number of nitrogens with one attached hydrogen (secondary N) is 2. The Kier molecular flexibility index (Phi) is 7.68. The topological polar surface area (TPSA) is 61.4 Å². The fourth-order valence-corrected chi connectivity index (χ4v) is 1.65. The Morgan fingerprint density at radius 2 is 1.68 bits per heavy atom. The zero-order valence-corrected chi connectivity index (χ0v) is 13.2. The second kappa shape index (κ2) is 8.15. The Labute approximate surface area is 117 Å². The highest BCUT2D eigenvalue weighted by atomic mass is 16.2. The van der Waals surface area contributed by atoms with Crippen LogP contribution in [0.3, 0.4) is 0 Å². The monoisotopic (exact) mass is 271 g/mol. The highest BCUT2D eigenvalue weighted by Crippen LogP contribution is 2.05. The number of carbonyl (C=O) groups is 2. The molecule has 0 fully saturated rings. The molecule has 5 nitrogen and oxygen atoms in total. The maximum atomic E-state index is 12.0. The van der Waals surface area contributed by atoms with Crippen LogP contribution >= 0.6 is 0 Å². The average Bonchev–Trinajstić information content (AvgIpc) is 2.36. The van der Waals surface area contributed by atoms with Gasteiger partial charge in [0.25, 0.3) is 0 Å². The summed E-state index contributed by atoms with van der Waals surface area (Å²) in [5.41, 5.74) is -0.203. The van der Waals surface area contributed by atoms with E-state index in [0.717, 1.165) is 6.42 Å². The summed E-state index contributed by atoms with van der Waals surface area (Å²) < 4.78 is 0. The fourth-order valence-electron chi connectivity index (χ4n) is 1.65. The van der Waals surface area contributed by atoms with Gasteiger partial charge in [-0.1, -0.05) is 6.92 Å². The van der Waals surface area contributed by atoms with Gasteiger partial charge >= 0.3 is 0 Å². The largest absolute Gasteiger partial charge is 0.350 e. The first-order chi connectivity index (χ1) is 8.77. The molecule has 0 saturated carbocycles. The molecule has 0 saturated heterocycles. The van der Waals surface area contributed by atoms with Crippen LogP contribution < -0.4 is 10.6 Å². The highest BCUT2D eigenvalue weighted by Gasteiger charge is 2.21. The Morgan fingerprint density at radius 3 is 2.11 bits per heavy atom. The molecule has 0 aromatic carbocycles. The van der Waals surface area contributed by atoms with Crippen molar-refractivity contribution in [1.82, 2.24) is 15.5 Å². The van der Waals surface area contributed by atoms with Crippen LogP contribution in [0.15, 0.2) is 0 Å². The van der Waals surface area contributed by atoms with Gasteiger partial charge in [-0.2, -0.15) is 0 Å². The van der Waals surface area contributed by atoms with E-state index in [1.54, 1.807) is 11.8 Å². The van der Waals surface area contributed by atoms with Gasteiger partial charge in [-0.05, 0) is 41.0 Å². The van der Waals surface area contributed by atoms with E-state index < -0.39 is 0 Å². The Hall–Kier alpha value is -1.10. The summed E-state index contributed by atoms with van der Waals surface area (Å²) in [5, 5.41) is 5.91. The molecule has 0 spiro atoms. The van der Waals surface area contributed by atoms with Crippen molar-refractivity contribution in [1.29, 1.82) is 0 Å². The van der Waals surface area contributed by atoms with Crippen molar-refractivity contribution in [2.24, 2.45) is 0 Å². The predicted molar refractivity (Wildman–Crippen MR) is 77.9 cm³/mol. The lowest BCUT2D eigenvalue weighted by atomic mass is 10.0. The van der Waals surface area contributed by atoms with Gasteiger partial charge in [-0.3, -0.25) is 14.9 Å². The van der Waals surface area contributed by atoms with E-state index in [1.807, 2.05) is 34.6 Å². The van der Waals surface area contributed by atoms with Crippen LogP contribution in [0.1, 0.15) is 48.0 Å². The van der Waals surface area contributed by atoms with Crippen molar-refractivity contribution >= 4 is 11.8 Å². The van der Waals surface area contributed by atoms with Gasteiger partial charge in [0.1, 0.15) is 0 Å². The lowest BCUT2D eigenvalue weighted by molar-refractivity contribution is -0.132. The highest BCUT2D eigenvalue weighted by molar-refractivity contribution is 5.83. The molecule has 0 aliphatic rings. The molecule has 0 radical (unpaired) electrons. The summed E-state index contributed by atoms with van der Waals surface area (Å²) in [5.74, 6) is -0.0430. The van der Waals surface area contributed by atoms with Gasteiger partial charge in [0.2, 0.25) is 11.8 Å². The smallest absolute Gasteiger partial charge is 0.239 e. The van der Waals surface area contributed by atoms with E-state index in [4.69, 9.17) is 0 Å². The Balaban J connectivity index is 4.19. The van der Waals surface area contributed by atoms with Crippen LogP contribution in [-0.2, 0) is 9.59 Å². The van der Waals surface area contributed by atoms with E-state index in [-0.39, 0.29) is 29.9 Å². The molecule has 2 N–H and O–H groups in total. The van der Waals surface area contributed by atoms with E-state index in [9.17, 15) is 9.59 Å². The molecule has 1 atom stereocenters. The molecular formula is C14H29N3O2. The minimum Gasteiger partial charge on any atom is -0.350 e. The lowest BCUT2D eigenvalue weighted by Crippen LogP contribution is -2.50. The number of hydrogen-bond donors (Lipinski definition) is 2. The van der Waals surface area contributed by atoms with Crippen LogP contribution in [-0.4, -0.2) is 47.9 Å². The standard InChI is InChI=1S/C14H29N3O2/c1-7-14(5,6)16-12(18)10-15-11(4)13(19)17(8-2)9-3/h11,15H,7-10H2,1-6H3,(H,16,18). The lowest BCUT2D eigenvalue weighted by Gasteiger charge is -2.26. The molecule has 0 aliphatic carbocycles. The summed E-state index contributed by atoms with van der Waals surface area (Å²) >= 11 is 0. The first-order valence-corrected chi connectivity index (χ1v) is 7.10. The van der Waals surface area contributed by atoms with Gasteiger partial charge < -0.3 is 10.2 Å². The van der Waals surface area contributed by atoms with Crippen molar-refractivity contribution < 1.29 is 9.59 Å². The molecule has 112 valence electrons. The molecule has 0 aromatic heterocycles. The molecular weight excluding hydrogens is 242 g/mol. The van der Waals surface area contributed by atoms with Gasteiger partial charge in [0, 0.05) is 18.6 Å². The Bertz CT molecular complexity index is 299. The molecule has 5 heteroatoms. The van der Waals surface area contributed by atoms with Crippen LogP contribution in [0.4, 0.5) is 0 Å². The van der Waals surface area contributed by atoms with E-state index in [1.165, 1.54) is 0 Å². The zero-order valence-electron chi connectivity index (χ0n) is 13.2. The molecule has 0 aromatic rings. The van der Waals surface area contributed by atoms with Crippen LogP contribution in [0, 0.1) is 0 Å². The second-order valence-corrected chi connectivity index (χ2v) is 5.40. The number of nitrogens with zero attached hydrogens (tertiary/aromatic N) is 1. The number of likely N-dealkylation sites (N-methyl/N-ethyl adjacent to an activating group) is 1. The average molecular weight is 271 g/mol. The molecule has 0 rings (SSSR count). The summed E-state index contributed by atoms with van der Waals surface area (Å²) in [6, 6.07) is -0.338. The summed E-state index contributed by atoms with van der Waals surface area (Å²) in [4.78, 5) is 25.5. The van der Waals surface area contributed by atoms with Crippen LogP contribution in [0.2, 0.25) is 0 Å². The normalized spacial score (nSPS) is 12.9. The van der Waals surface area contributed by atoms with E-state index in [2.05, 4.69) is 10.6 Å². The number of hydrogen-bond acceptors (Lipinski definition) is 3. The van der Waals surface area contributed by atoms with Gasteiger partial charge in [-0.15, -0.1) is 0 Å². The van der Waals surface area contributed by atoms with Crippen LogP contribution in [0.5, 0.6) is 0 Å². The molecule has 2 amide bonds.